The van der Waals surface area contributed by atoms with Crippen molar-refractivity contribution in [3.05, 3.63) is 77.0 Å². The van der Waals surface area contributed by atoms with Gasteiger partial charge in [-0.3, -0.25) is 9.78 Å². The summed E-state index contributed by atoms with van der Waals surface area (Å²) in [6.07, 6.45) is 5.23. The van der Waals surface area contributed by atoms with Gasteiger partial charge in [0.05, 0.1) is 0 Å². The summed E-state index contributed by atoms with van der Waals surface area (Å²) in [5, 5.41) is 1.73. The number of aryl methyl sites for hydroxylation is 1. The van der Waals surface area contributed by atoms with E-state index >= 15 is 0 Å². The molecule has 0 unspecified atom stereocenters. The molecule has 90 valence electrons. The SMILES string of the molecule is Cc1ccncc1.O=c1[nH]ccc2ccccc12. The Hall–Kier alpha value is -2.42. The number of hydrogen-bond donors (Lipinski definition) is 1. The average Bonchev–Trinajstić information content (AvgIpc) is 2.41. The normalized spacial score (nSPS) is 9.61. The van der Waals surface area contributed by atoms with Crippen molar-refractivity contribution in [2.45, 2.75) is 6.92 Å². The Morgan fingerprint density at radius 3 is 2.33 bits per heavy atom. The molecule has 3 heteroatoms. The minimum atomic E-state index is -0.0249. The van der Waals surface area contributed by atoms with E-state index in [0.717, 1.165) is 10.8 Å². The van der Waals surface area contributed by atoms with Crippen LogP contribution >= 0.6 is 0 Å². The Bertz CT molecular complexity index is 669. The third-order valence-corrected chi connectivity index (χ3v) is 2.53. The van der Waals surface area contributed by atoms with Gasteiger partial charge in [-0.05, 0) is 42.1 Å². The molecular formula is C15H14N2O. The molecule has 0 aliphatic carbocycles. The van der Waals surface area contributed by atoms with E-state index in [2.05, 4.69) is 9.97 Å². The van der Waals surface area contributed by atoms with E-state index in [1.807, 2.05) is 49.4 Å². The lowest BCUT2D eigenvalue weighted by Gasteiger charge is -1.92. The van der Waals surface area contributed by atoms with Crippen LogP contribution in [0.3, 0.4) is 0 Å². The minimum absolute atomic E-state index is 0.0249. The lowest BCUT2D eigenvalue weighted by Crippen LogP contribution is -2.03. The van der Waals surface area contributed by atoms with Crippen LogP contribution in [-0.4, -0.2) is 9.97 Å². The molecule has 1 aromatic carbocycles. The van der Waals surface area contributed by atoms with Gasteiger partial charge in [0.15, 0.2) is 0 Å². The first kappa shape index (κ1) is 12.0. The molecule has 3 rings (SSSR count). The molecule has 3 aromatic rings. The van der Waals surface area contributed by atoms with Gasteiger partial charge in [-0.15, -0.1) is 0 Å². The Kier molecular flexibility index (Phi) is 3.86. The topological polar surface area (TPSA) is 45.8 Å². The van der Waals surface area contributed by atoms with Crippen LogP contribution in [0.1, 0.15) is 5.56 Å². The first-order chi connectivity index (χ1) is 8.77. The number of aromatic nitrogens is 2. The summed E-state index contributed by atoms with van der Waals surface area (Å²) in [6.45, 7) is 2.04. The molecule has 0 fully saturated rings. The van der Waals surface area contributed by atoms with E-state index in [-0.39, 0.29) is 5.56 Å². The van der Waals surface area contributed by atoms with Gasteiger partial charge in [-0.25, -0.2) is 0 Å². The molecule has 0 spiro atoms. The molecule has 0 radical (unpaired) electrons. The number of nitrogens with zero attached hydrogens (tertiary/aromatic N) is 1. The third kappa shape index (κ3) is 3.04. The fraction of sp³-hybridized carbons (Fsp3) is 0.0667. The highest BCUT2D eigenvalue weighted by Gasteiger charge is 1.92. The van der Waals surface area contributed by atoms with E-state index < -0.39 is 0 Å². The van der Waals surface area contributed by atoms with Crippen molar-refractivity contribution in [1.29, 1.82) is 0 Å². The molecule has 0 amide bonds. The van der Waals surface area contributed by atoms with Crippen molar-refractivity contribution < 1.29 is 0 Å². The van der Waals surface area contributed by atoms with Crippen LogP contribution in [0.15, 0.2) is 65.8 Å². The van der Waals surface area contributed by atoms with Crippen molar-refractivity contribution in [2.24, 2.45) is 0 Å². The van der Waals surface area contributed by atoms with Crippen molar-refractivity contribution in [3.8, 4) is 0 Å². The Morgan fingerprint density at radius 1 is 1.00 bits per heavy atom. The predicted octanol–water partition coefficient (Wildman–Crippen LogP) is 2.92. The Balaban J connectivity index is 0.000000149. The number of benzene rings is 1. The summed E-state index contributed by atoms with van der Waals surface area (Å²) in [5.41, 5.74) is 1.23. The van der Waals surface area contributed by atoms with Crippen LogP contribution in [-0.2, 0) is 0 Å². The zero-order chi connectivity index (χ0) is 12.8. The number of rotatable bonds is 0. The fourth-order valence-corrected chi connectivity index (χ4v) is 1.56. The number of pyridine rings is 2. The number of aromatic amines is 1. The molecule has 18 heavy (non-hydrogen) atoms. The molecule has 0 aliphatic rings. The first-order valence-electron chi connectivity index (χ1n) is 5.70. The summed E-state index contributed by atoms with van der Waals surface area (Å²) >= 11 is 0. The van der Waals surface area contributed by atoms with Gasteiger partial charge in [0.2, 0.25) is 0 Å². The van der Waals surface area contributed by atoms with Crippen LogP contribution in [0.25, 0.3) is 10.8 Å². The Morgan fingerprint density at radius 2 is 1.72 bits per heavy atom. The number of nitrogens with one attached hydrogen (secondary N) is 1. The zero-order valence-electron chi connectivity index (χ0n) is 10.1. The van der Waals surface area contributed by atoms with Gasteiger partial charge >= 0.3 is 0 Å². The second-order valence-electron chi connectivity index (χ2n) is 3.92. The maximum Gasteiger partial charge on any atom is 0.255 e. The molecule has 0 saturated carbocycles. The second-order valence-corrected chi connectivity index (χ2v) is 3.92. The standard InChI is InChI=1S/C9H7NO.C6H7N/c11-9-8-4-2-1-3-7(8)5-6-10-9;1-6-2-4-7-5-3-6/h1-6H,(H,10,11);2-5H,1H3. The number of hydrogen-bond acceptors (Lipinski definition) is 2. The minimum Gasteiger partial charge on any atom is -0.329 e. The summed E-state index contributed by atoms with van der Waals surface area (Å²) in [4.78, 5) is 17.6. The van der Waals surface area contributed by atoms with Crippen LogP contribution in [0.5, 0.6) is 0 Å². The van der Waals surface area contributed by atoms with E-state index in [4.69, 9.17) is 0 Å². The van der Waals surface area contributed by atoms with Crippen molar-refractivity contribution in [1.82, 2.24) is 9.97 Å². The van der Waals surface area contributed by atoms with Gasteiger partial charge in [-0.2, -0.15) is 0 Å². The molecule has 3 nitrogen and oxygen atoms in total. The summed E-state index contributed by atoms with van der Waals surface area (Å²) in [6, 6.07) is 13.3. The van der Waals surface area contributed by atoms with E-state index in [0.29, 0.717) is 0 Å². The highest BCUT2D eigenvalue weighted by atomic mass is 16.1. The highest BCUT2D eigenvalue weighted by Crippen LogP contribution is 2.05. The van der Waals surface area contributed by atoms with Gasteiger partial charge in [0.1, 0.15) is 0 Å². The molecule has 2 aromatic heterocycles. The first-order valence-corrected chi connectivity index (χ1v) is 5.70. The van der Waals surface area contributed by atoms with Gasteiger partial charge in [0, 0.05) is 24.0 Å². The quantitative estimate of drug-likeness (QED) is 0.654. The van der Waals surface area contributed by atoms with Crippen molar-refractivity contribution in [2.75, 3.05) is 0 Å². The smallest absolute Gasteiger partial charge is 0.255 e. The molecule has 0 saturated heterocycles. The zero-order valence-corrected chi connectivity index (χ0v) is 10.1. The molecular weight excluding hydrogens is 224 g/mol. The van der Waals surface area contributed by atoms with E-state index in [1.54, 1.807) is 18.6 Å². The molecule has 1 N–H and O–H groups in total. The second kappa shape index (κ2) is 5.77. The van der Waals surface area contributed by atoms with Gasteiger partial charge in [-0.1, -0.05) is 18.2 Å². The average molecular weight is 238 g/mol. The molecule has 0 aliphatic heterocycles. The summed E-state index contributed by atoms with van der Waals surface area (Å²) in [5.74, 6) is 0. The van der Waals surface area contributed by atoms with Gasteiger partial charge < -0.3 is 4.98 Å². The maximum absolute atomic E-state index is 11.1. The predicted molar refractivity (Wildman–Crippen MR) is 73.5 cm³/mol. The van der Waals surface area contributed by atoms with Crippen LogP contribution in [0, 0.1) is 6.92 Å². The van der Waals surface area contributed by atoms with E-state index in [1.165, 1.54) is 5.56 Å². The summed E-state index contributed by atoms with van der Waals surface area (Å²) < 4.78 is 0. The molecule has 0 atom stereocenters. The number of fused-ring (bicyclic) bond motifs is 1. The largest absolute Gasteiger partial charge is 0.329 e. The van der Waals surface area contributed by atoms with E-state index in [9.17, 15) is 4.79 Å². The van der Waals surface area contributed by atoms with Crippen LogP contribution in [0.2, 0.25) is 0 Å². The summed E-state index contributed by atoms with van der Waals surface area (Å²) in [7, 11) is 0. The molecule has 0 bridgehead atoms. The van der Waals surface area contributed by atoms with Crippen molar-refractivity contribution >= 4 is 10.8 Å². The van der Waals surface area contributed by atoms with Crippen LogP contribution < -0.4 is 5.56 Å². The lowest BCUT2D eigenvalue weighted by molar-refractivity contribution is 1.28. The fourth-order valence-electron chi connectivity index (χ4n) is 1.56. The maximum atomic E-state index is 11.1. The van der Waals surface area contributed by atoms with Crippen molar-refractivity contribution in [3.63, 3.8) is 0 Å². The number of H-pyrrole nitrogens is 1. The van der Waals surface area contributed by atoms with Gasteiger partial charge in [0.25, 0.3) is 5.56 Å². The monoisotopic (exact) mass is 238 g/mol. The van der Waals surface area contributed by atoms with Crippen LogP contribution in [0.4, 0.5) is 0 Å². The molecule has 2 heterocycles. The Labute approximate surface area is 105 Å². The lowest BCUT2D eigenvalue weighted by atomic mass is 10.2. The highest BCUT2D eigenvalue weighted by molar-refractivity contribution is 5.80. The third-order valence-electron chi connectivity index (χ3n) is 2.53.